The number of hydrogen-bond donors (Lipinski definition) is 0. The van der Waals surface area contributed by atoms with E-state index in [1.54, 1.807) is 47.0 Å². The van der Waals surface area contributed by atoms with Gasteiger partial charge in [-0.1, -0.05) is 47.0 Å². The van der Waals surface area contributed by atoms with Crippen LogP contribution in [0.1, 0.15) is 5.56 Å². The zero-order valence-corrected chi connectivity index (χ0v) is 12.6. The smallest absolute Gasteiger partial charge is 0.175 e. The average molecular weight is 309 g/mol. The predicted molar refractivity (Wildman–Crippen MR) is 79.1 cm³/mol. The monoisotopic (exact) mass is 309 g/mol. The van der Waals surface area contributed by atoms with Gasteiger partial charge in [0.25, 0.3) is 0 Å². The normalized spacial score (nSPS) is 10.1. The molecule has 0 fully saturated rings. The molecule has 98 valence electrons. The second kappa shape index (κ2) is 7.38. The largest absolute Gasteiger partial charge is 0.491 e. The fraction of sp³-hybridized carbons (Fsp3) is 0.250. The third-order valence-electron chi connectivity index (χ3n) is 2.14. The zero-order chi connectivity index (χ0) is 13.5. The summed E-state index contributed by atoms with van der Waals surface area (Å²) in [7, 11) is 0. The number of thioether (sulfide) groups is 2. The Hall–Kier alpha value is -1.23. The fourth-order valence-corrected chi connectivity index (χ4v) is 3.63. The molecule has 0 unspecified atom stereocenters. The molecule has 19 heavy (non-hydrogen) atoms. The molecule has 2 rings (SSSR count). The van der Waals surface area contributed by atoms with Crippen molar-refractivity contribution < 1.29 is 4.74 Å². The Labute approximate surface area is 124 Å². The lowest BCUT2D eigenvalue weighted by atomic mass is 10.2. The fourth-order valence-electron chi connectivity index (χ4n) is 1.30. The first kappa shape index (κ1) is 14.2. The highest BCUT2D eigenvalue weighted by Gasteiger charge is 2.05. The SMILES string of the molecule is CSc1nnc(SCCOc2ccccc2C#N)s1. The molecule has 0 N–H and O–H groups in total. The molecule has 0 saturated carbocycles. The van der Waals surface area contributed by atoms with Gasteiger partial charge in [0, 0.05) is 5.75 Å². The van der Waals surface area contributed by atoms with Crippen molar-refractivity contribution in [3.8, 4) is 11.8 Å². The van der Waals surface area contributed by atoms with Crippen LogP contribution in [-0.4, -0.2) is 28.8 Å². The van der Waals surface area contributed by atoms with Crippen molar-refractivity contribution in [2.24, 2.45) is 0 Å². The van der Waals surface area contributed by atoms with Gasteiger partial charge in [-0.25, -0.2) is 0 Å². The number of nitriles is 1. The Balaban J connectivity index is 1.79. The minimum absolute atomic E-state index is 0.539. The van der Waals surface area contributed by atoms with Crippen LogP contribution in [0.3, 0.4) is 0 Å². The van der Waals surface area contributed by atoms with E-state index < -0.39 is 0 Å². The van der Waals surface area contributed by atoms with Gasteiger partial charge in [-0.2, -0.15) is 5.26 Å². The molecule has 0 aliphatic heterocycles. The Bertz CT molecular complexity index is 580. The van der Waals surface area contributed by atoms with Crippen LogP contribution >= 0.6 is 34.9 Å². The summed E-state index contributed by atoms with van der Waals surface area (Å²) in [6.45, 7) is 0.539. The Morgan fingerprint density at radius 3 is 2.84 bits per heavy atom. The molecule has 2 aromatic rings. The maximum absolute atomic E-state index is 8.93. The van der Waals surface area contributed by atoms with Crippen LogP contribution in [0.5, 0.6) is 5.75 Å². The predicted octanol–water partition coefficient (Wildman–Crippen LogP) is 3.30. The number of hydrogen-bond acceptors (Lipinski definition) is 7. The summed E-state index contributed by atoms with van der Waals surface area (Å²) >= 11 is 4.79. The lowest BCUT2D eigenvalue weighted by Crippen LogP contribution is -2.01. The van der Waals surface area contributed by atoms with Crippen molar-refractivity contribution >= 4 is 34.9 Å². The third-order valence-corrected chi connectivity index (χ3v) is 5.13. The van der Waals surface area contributed by atoms with Crippen molar-refractivity contribution in [2.45, 2.75) is 8.68 Å². The van der Waals surface area contributed by atoms with Crippen molar-refractivity contribution in [3.63, 3.8) is 0 Å². The van der Waals surface area contributed by atoms with Crippen LogP contribution < -0.4 is 4.74 Å². The molecule has 0 aliphatic carbocycles. The molecule has 0 bridgehead atoms. The average Bonchev–Trinajstić information content (AvgIpc) is 2.92. The first-order valence-corrected chi connectivity index (χ1v) is 8.48. The summed E-state index contributed by atoms with van der Waals surface area (Å²) in [4.78, 5) is 0. The summed E-state index contributed by atoms with van der Waals surface area (Å²) in [6, 6.07) is 9.35. The van der Waals surface area contributed by atoms with Gasteiger partial charge in [0.05, 0.1) is 12.2 Å². The number of para-hydroxylation sites is 1. The van der Waals surface area contributed by atoms with E-state index in [-0.39, 0.29) is 0 Å². The maximum atomic E-state index is 8.93. The third kappa shape index (κ3) is 4.13. The molecule has 0 saturated heterocycles. The quantitative estimate of drug-likeness (QED) is 0.603. The van der Waals surface area contributed by atoms with Gasteiger partial charge >= 0.3 is 0 Å². The second-order valence-corrected chi connectivity index (χ2v) is 6.72. The van der Waals surface area contributed by atoms with Gasteiger partial charge in [-0.05, 0) is 18.4 Å². The summed E-state index contributed by atoms with van der Waals surface area (Å²) in [5.74, 6) is 1.41. The molecular formula is C12H11N3OS3. The van der Waals surface area contributed by atoms with Crippen LogP contribution in [0.2, 0.25) is 0 Å². The molecule has 7 heteroatoms. The lowest BCUT2D eigenvalue weighted by Gasteiger charge is -2.06. The summed E-state index contributed by atoms with van der Waals surface area (Å²) < 4.78 is 7.51. The van der Waals surface area contributed by atoms with Crippen molar-refractivity contribution in [3.05, 3.63) is 29.8 Å². The number of ether oxygens (including phenoxy) is 1. The Morgan fingerprint density at radius 1 is 1.32 bits per heavy atom. The van der Waals surface area contributed by atoms with Crippen LogP contribution in [0, 0.1) is 11.3 Å². The molecule has 0 radical (unpaired) electrons. The second-order valence-electron chi connectivity index (χ2n) is 3.34. The minimum Gasteiger partial charge on any atom is -0.491 e. The molecule has 0 atom stereocenters. The van der Waals surface area contributed by atoms with Crippen molar-refractivity contribution in [1.29, 1.82) is 5.26 Å². The van der Waals surface area contributed by atoms with E-state index in [2.05, 4.69) is 16.3 Å². The summed E-state index contributed by atoms with van der Waals surface area (Å²) in [6.07, 6.45) is 1.98. The number of benzene rings is 1. The molecule has 0 aliphatic rings. The van der Waals surface area contributed by atoms with E-state index in [1.165, 1.54) is 0 Å². The Morgan fingerprint density at radius 2 is 2.11 bits per heavy atom. The first-order chi connectivity index (χ1) is 9.33. The molecule has 4 nitrogen and oxygen atoms in total. The molecule has 1 aromatic carbocycles. The van der Waals surface area contributed by atoms with E-state index in [0.717, 1.165) is 14.4 Å². The van der Waals surface area contributed by atoms with Gasteiger partial charge in [-0.3, -0.25) is 0 Å². The highest BCUT2D eigenvalue weighted by molar-refractivity contribution is 8.02. The van der Waals surface area contributed by atoms with Gasteiger partial charge < -0.3 is 4.74 Å². The number of aromatic nitrogens is 2. The zero-order valence-electron chi connectivity index (χ0n) is 10.2. The molecule has 1 aromatic heterocycles. The lowest BCUT2D eigenvalue weighted by molar-refractivity contribution is 0.343. The van der Waals surface area contributed by atoms with Gasteiger partial charge in [0.1, 0.15) is 11.8 Å². The minimum atomic E-state index is 0.539. The Kier molecular flexibility index (Phi) is 5.51. The molecule has 0 amide bonds. The number of rotatable bonds is 6. The van der Waals surface area contributed by atoms with Crippen LogP contribution in [0.15, 0.2) is 32.9 Å². The van der Waals surface area contributed by atoms with Crippen LogP contribution in [0.25, 0.3) is 0 Å². The van der Waals surface area contributed by atoms with Crippen molar-refractivity contribution in [1.82, 2.24) is 10.2 Å². The van der Waals surface area contributed by atoms with E-state index in [1.807, 2.05) is 18.4 Å². The van der Waals surface area contributed by atoms with Gasteiger partial charge in [0.15, 0.2) is 8.68 Å². The van der Waals surface area contributed by atoms with E-state index in [4.69, 9.17) is 10.00 Å². The molecule has 1 heterocycles. The molecular weight excluding hydrogens is 298 g/mol. The number of nitrogens with zero attached hydrogens (tertiary/aromatic N) is 3. The highest BCUT2D eigenvalue weighted by atomic mass is 32.2. The van der Waals surface area contributed by atoms with E-state index in [9.17, 15) is 0 Å². The van der Waals surface area contributed by atoms with Crippen LogP contribution in [-0.2, 0) is 0 Å². The van der Waals surface area contributed by atoms with Gasteiger partial charge in [-0.15, -0.1) is 10.2 Å². The summed E-state index contributed by atoms with van der Waals surface area (Å²) in [5.41, 5.74) is 0.563. The van der Waals surface area contributed by atoms with Crippen LogP contribution in [0.4, 0.5) is 0 Å². The first-order valence-electron chi connectivity index (χ1n) is 5.45. The molecule has 0 spiro atoms. The van der Waals surface area contributed by atoms with E-state index >= 15 is 0 Å². The topological polar surface area (TPSA) is 58.8 Å². The van der Waals surface area contributed by atoms with Crippen molar-refractivity contribution in [2.75, 3.05) is 18.6 Å². The summed E-state index contributed by atoms with van der Waals surface area (Å²) in [5, 5.41) is 17.0. The van der Waals surface area contributed by atoms with Gasteiger partial charge in [0.2, 0.25) is 0 Å². The maximum Gasteiger partial charge on any atom is 0.175 e. The van der Waals surface area contributed by atoms with E-state index in [0.29, 0.717) is 17.9 Å². The highest BCUT2D eigenvalue weighted by Crippen LogP contribution is 2.27. The standard InChI is InChI=1S/C12H11N3OS3/c1-17-11-14-15-12(19-11)18-7-6-16-10-5-3-2-4-9(10)8-13/h2-5H,6-7H2,1H3.